The molecule has 0 saturated heterocycles. The lowest BCUT2D eigenvalue weighted by Gasteiger charge is -2.33. The second kappa shape index (κ2) is 13.6. The Morgan fingerprint density at radius 2 is 1.56 bits per heavy atom. The van der Waals surface area contributed by atoms with Gasteiger partial charge in [0, 0.05) is 30.1 Å². The maximum Gasteiger partial charge on any atom is 0.244 e. The van der Waals surface area contributed by atoms with Gasteiger partial charge in [0.1, 0.15) is 18.4 Å². The summed E-state index contributed by atoms with van der Waals surface area (Å²) in [5, 5.41) is 3.29. The molecule has 1 atom stereocenters. The van der Waals surface area contributed by atoms with Crippen molar-refractivity contribution < 1.29 is 22.4 Å². The zero-order valence-electron chi connectivity index (χ0n) is 22.2. The van der Waals surface area contributed by atoms with Gasteiger partial charge in [-0.05, 0) is 41.8 Å². The maximum atomic E-state index is 14.8. The van der Waals surface area contributed by atoms with E-state index >= 15 is 0 Å². The molecule has 3 aromatic carbocycles. The van der Waals surface area contributed by atoms with Crippen LogP contribution in [0.15, 0.2) is 78.9 Å². The first-order valence-corrected chi connectivity index (χ1v) is 14.8. The fourth-order valence-electron chi connectivity index (χ4n) is 4.01. The van der Waals surface area contributed by atoms with Gasteiger partial charge in [-0.25, -0.2) is 12.8 Å². The number of carbonyl (C=O) groups is 2. The van der Waals surface area contributed by atoms with Crippen LogP contribution in [0.1, 0.15) is 25.0 Å². The predicted molar refractivity (Wildman–Crippen MR) is 152 cm³/mol. The van der Waals surface area contributed by atoms with E-state index in [0.717, 1.165) is 16.1 Å². The van der Waals surface area contributed by atoms with Gasteiger partial charge in [-0.2, -0.15) is 0 Å². The summed E-state index contributed by atoms with van der Waals surface area (Å²) < 4.78 is 41.2. The van der Waals surface area contributed by atoms with Crippen LogP contribution in [-0.4, -0.2) is 50.5 Å². The minimum atomic E-state index is -3.90. The van der Waals surface area contributed by atoms with Gasteiger partial charge in [0.15, 0.2) is 0 Å². The van der Waals surface area contributed by atoms with E-state index in [-0.39, 0.29) is 30.1 Å². The third-order valence-corrected chi connectivity index (χ3v) is 7.44. The van der Waals surface area contributed by atoms with Crippen molar-refractivity contribution in [3.05, 3.63) is 101 Å². The SMILES string of the molecule is CC(C)CNC(=O)[C@H](Cc1ccccc1)N(Cc1ccccc1F)C(=O)CN(c1ccc(Cl)cc1)S(C)(=O)=O. The third-order valence-electron chi connectivity index (χ3n) is 6.05. The quantitative estimate of drug-likeness (QED) is 0.341. The average molecular weight is 574 g/mol. The molecule has 0 aliphatic carbocycles. The van der Waals surface area contributed by atoms with E-state index in [9.17, 15) is 22.4 Å². The molecule has 208 valence electrons. The number of hydrogen-bond donors (Lipinski definition) is 1. The van der Waals surface area contributed by atoms with Gasteiger partial charge >= 0.3 is 0 Å². The van der Waals surface area contributed by atoms with Crippen LogP contribution in [0.5, 0.6) is 0 Å². The van der Waals surface area contributed by atoms with Gasteiger partial charge in [0.2, 0.25) is 21.8 Å². The van der Waals surface area contributed by atoms with Gasteiger partial charge < -0.3 is 10.2 Å². The standard InChI is InChI=1S/C29H33ClFN3O4S/c1-21(2)18-32-29(36)27(17-22-9-5-4-6-10-22)33(19-23-11-7-8-12-26(23)31)28(35)20-34(39(3,37)38)25-15-13-24(30)14-16-25/h4-16,21,27H,17-20H2,1-3H3,(H,32,36)/t27-/m0/s1. The van der Waals surface area contributed by atoms with Crippen LogP contribution in [0.2, 0.25) is 5.02 Å². The molecule has 0 radical (unpaired) electrons. The number of sulfonamides is 1. The summed E-state index contributed by atoms with van der Waals surface area (Å²) in [6, 6.07) is 20.2. The highest BCUT2D eigenvalue weighted by molar-refractivity contribution is 7.92. The number of carbonyl (C=O) groups excluding carboxylic acids is 2. The van der Waals surface area contributed by atoms with Crippen molar-refractivity contribution in [3.63, 3.8) is 0 Å². The molecule has 0 saturated carbocycles. The number of benzene rings is 3. The van der Waals surface area contributed by atoms with Gasteiger partial charge in [0.05, 0.1) is 11.9 Å². The molecule has 2 amide bonds. The zero-order chi connectivity index (χ0) is 28.6. The van der Waals surface area contributed by atoms with Gasteiger partial charge in [-0.3, -0.25) is 13.9 Å². The molecular weight excluding hydrogens is 541 g/mol. The Morgan fingerprint density at radius 1 is 0.949 bits per heavy atom. The molecule has 10 heteroatoms. The summed E-state index contributed by atoms with van der Waals surface area (Å²) in [6.45, 7) is 3.47. The van der Waals surface area contributed by atoms with Crippen LogP contribution in [0.3, 0.4) is 0 Å². The largest absolute Gasteiger partial charge is 0.354 e. The molecule has 0 heterocycles. The summed E-state index contributed by atoms with van der Waals surface area (Å²) in [6.07, 6.45) is 1.15. The number of hydrogen-bond acceptors (Lipinski definition) is 4. The molecule has 0 aliphatic heterocycles. The summed E-state index contributed by atoms with van der Waals surface area (Å²) in [7, 11) is -3.90. The van der Waals surface area contributed by atoms with Gasteiger partial charge in [-0.1, -0.05) is 74.0 Å². The minimum absolute atomic E-state index is 0.158. The molecule has 7 nitrogen and oxygen atoms in total. The van der Waals surface area contributed by atoms with E-state index in [1.54, 1.807) is 6.07 Å². The van der Waals surface area contributed by atoms with E-state index in [4.69, 9.17) is 11.6 Å². The Bertz CT molecular complexity index is 1370. The highest BCUT2D eigenvalue weighted by atomic mass is 35.5. The molecule has 3 rings (SSSR count). The molecule has 0 aliphatic rings. The summed E-state index contributed by atoms with van der Waals surface area (Å²) in [4.78, 5) is 28.7. The summed E-state index contributed by atoms with van der Waals surface area (Å²) in [5.74, 6) is -1.43. The Hall–Kier alpha value is -3.43. The summed E-state index contributed by atoms with van der Waals surface area (Å²) >= 11 is 5.97. The molecular formula is C29H33ClFN3O4S. The van der Waals surface area contributed by atoms with Crippen molar-refractivity contribution in [3.8, 4) is 0 Å². The normalized spacial score (nSPS) is 12.2. The molecule has 1 N–H and O–H groups in total. The number of anilines is 1. The molecule has 39 heavy (non-hydrogen) atoms. The number of amides is 2. The Balaban J connectivity index is 2.05. The third kappa shape index (κ3) is 8.80. The van der Waals surface area contributed by atoms with Crippen LogP contribution in [0, 0.1) is 11.7 Å². The number of nitrogens with one attached hydrogen (secondary N) is 1. The first-order valence-electron chi connectivity index (χ1n) is 12.5. The van der Waals surface area contributed by atoms with Crippen LogP contribution >= 0.6 is 11.6 Å². The van der Waals surface area contributed by atoms with E-state index in [1.807, 2.05) is 44.2 Å². The maximum absolute atomic E-state index is 14.8. The lowest BCUT2D eigenvalue weighted by Crippen LogP contribution is -2.53. The average Bonchev–Trinajstić information content (AvgIpc) is 2.89. The van der Waals surface area contributed by atoms with Crippen LogP contribution in [-0.2, 0) is 32.6 Å². The van der Waals surface area contributed by atoms with Gasteiger partial charge in [0.25, 0.3) is 0 Å². The first-order chi connectivity index (χ1) is 18.5. The van der Waals surface area contributed by atoms with Crippen LogP contribution in [0.4, 0.5) is 10.1 Å². The van der Waals surface area contributed by atoms with Crippen molar-refractivity contribution in [2.75, 3.05) is 23.7 Å². The monoisotopic (exact) mass is 573 g/mol. The van der Waals surface area contributed by atoms with Crippen molar-refractivity contribution in [2.24, 2.45) is 5.92 Å². The minimum Gasteiger partial charge on any atom is -0.354 e. The van der Waals surface area contributed by atoms with Crippen LogP contribution < -0.4 is 9.62 Å². The highest BCUT2D eigenvalue weighted by Crippen LogP contribution is 2.22. The topological polar surface area (TPSA) is 86.8 Å². The van der Waals surface area contributed by atoms with Crippen molar-refractivity contribution in [1.82, 2.24) is 10.2 Å². The van der Waals surface area contributed by atoms with Crippen molar-refractivity contribution in [2.45, 2.75) is 32.9 Å². The number of halogens is 2. The Kier molecular flexibility index (Phi) is 10.5. The lowest BCUT2D eigenvalue weighted by atomic mass is 10.0. The number of rotatable bonds is 12. The molecule has 0 aromatic heterocycles. The fourth-order valence-corrected chi connectivity index (χ4v) is 4.98. The highest BCUT2D eigenvalue weighted by Gasteiger charge is 2.33. The molecule has 0 fully saturated rings. The lowest BCUT2D eigenvalue weighted by molar-refractivity contribution is -0.140. The molecule has 3 aromatic rings. The number of nitrogens with zero attached hydrogens (tertiary/aromatic N) is 2. The first kappa shape index (κ1) is 30.1. The second-order valence-corrected chi connectivity index (χ2v) is 12.0. The van der Waals surface area contributed by atoms with E-state index in [1.165, 1.54) is 47.4 Å². The second-order valence-electron chi connectivity index (χ2n) is 9.70. The smallest absolute Gasteiger partial charge is 0.244 e. The van der Waals surface area contributed by atoms with Crippen molar-refractivity contribution in [1.29, 1.82) is 0 Å². The molecule has 0 unspecified atom stereocenters. The van der Waals surface area contributed by atoms with E-state index in [0.29, 0.717) is 11.6 Å². The Morgan fingerprint density at radius 3 is 2.15 bits per heavy atom. The summed E-state index contributed by atoms with van der Waals surface area (Å²) in [5.41, 5.74) is 1.24. The Labute approximate surface area is 234 Å². The van der Waals surface area contributed by atoms with E-state index < -0.39 is 40.2 Å². The van der Waals surface area contributed by atoms with Crippen molar-refractivity contribution >= 4 is 39.1 Å². The zero-order valence-corrected chi connectivity index (χ0v) is 23.8. The predicted octanol–water partition coefficient (Wildman–Crippen LogP) is 4.66. The van der Waals surface area contributed by atoms with Crippen LogP contribution in [0.25, 0.3) is 0 Å². The van der Waals surface area contributed by atoms with Gasteiger partial charge in [-0.15, -0.1) is 0 Å². The van der Waals surface area contributed by atoms with E-state index in [2.05, 4.69) is 5.32 Å². The fraction of sp³-hybridized carbons (Fsp3) is 0.310. The molecule has 0 spiro atoms. The molecule has 0 bridgehead atoms.